The van der Waals surface area contributed by atoms with Gasteiger partial charge in [0.2, 0.25) is 0 Å². The molecule has 0 unspecified atom stereocenters. The van der Waals surface area contributed by atoms with Gasteiger partial charge in [-0.15, -0.1) is 0 Å². The standard InChI is InChI=1S/C15H21N5O/c16-11-12-5-4-8-17-14(12)18-9-10-19-15(21)20-13-6-2-1-3-7-13/h4-5,8,13H,1-3,6-7,9-10H2,(H,17,18)(H2,19,20,21). The van der Waals surface area contributed by atoms with E-state index in [1.807, 2.05) is 0 Å². The topological polar surface area (TPSA) is 89.8 Å². The van der Waals surface area contributed by atoms with Gasteiger partial charge in [0.1, 0.15) is 11.9 Å². The third kappa shape index (κ3) is 4.95. The van der Waals surface area contributed by atoms with Crippen molar-refractivity contribution in [3.05, 3.63) is 23.9 Å². The molecule has 1 fully saturated rings. The minimum absolute atomic E-state index is 0.120. The molecule has 0 aromatic carbocycles. The molecule has 3 N–H and O–H groups in total. The average molecular weight is 287 g/mol. The Morgan fingerprint density at radius 3 is 2.90 bits per heavy atom. The minimum atomic E-state index is -0.120. The summed E-state index contributed by atoms with van der Waals surface area (Å²) in [5.74, 6) is 0.550. The molecule has 6 heteroatoms. The van der Waals surface area contributed by atoms with Crippen molar-refractivity contribution in [2.45, 2.75) is 38.1 Å². The van der Waals surface area contributed by atoms with Crippen molar-refractivity contribution in [2.24, 2.45) is 0 Å². The number of carbonyl (C=O) groups is 1. The lowest BCUT2D eigenvalue weighted by Gasteiger charge is -2.22. The number of hydrogen-bond donors (Lipinski definition) is 3. The van der Waals surface area contributed by atoms with Gasteiger partial charge in [0.25, 0.3) is 0 Å². The normalized spacial score (nSPS) is 15.0. The number of aromatic nitrogens is 1. The Kier molecular flexibility index (Phi) is 5.83. The van der Waals surface area contributed by atoms with Gasteiger partial charge in [-0.3, -0.25) is 0 Å². The number of urea groups is 1. The molecule has 2 amide bonds. The first-order valence-corrected chi connectivity index (χ1v) is 7.43. The Balaban J connectivity index is 1.65. The number of rotatable bonds is 5. The largest absolute Gasteiger partial charge is 0.367 e. The summed E-state index contributed by atoms with van der Waals surface area (Å²) in [4.78, 5) is 15.8. The highest BCUT2D eigenvalue weighted by molar-refractivity contribution is 5.74. The van der Waals surface area contributed by atoms with Crippen LogP contribution >= 0.6 is 0 Å². The van der Waals surface area contributed by atoms with Crippen LogP contribution in [-0.2, 0) is 0 Å². The van der Waals surface area contributed by atoms with Gasteiger partial charge in [-0.2, -0.15) is 5.26 Å². The van der Waals surface area contributed by atoms with Crippen LogP contribution in [0.4, 0.5) is 10.6 Å². The van der Waals surface area contributed by atoms with Crippen LogP contribution in [0.15, 0.2) is 18.3 Å². The SMILES string of the molecule is N#Cc1cccnc1NCCNC(=O)NC1CCCCC1. The number of anilines is 1. The van der Waals surface area contributed by atoms with Crippen LogP contribution in [0.2, 0.25) is 0 Å². The summed E-state index contributed by atoms with van der Waals surface area (Å²) in [6.07, 6.45) is 7.45. The van der Waals surface area contributed by atoms with Gasteiger partial charge in [-0.05, 0) is 25.0 Å². The zero-order chi connectivity index (χ0) is 14.9. The summed E-state index contributed by atoms with van der Waals surface area (Å²) < 4.78 is 0. The first-order valence-electron chi connectivity index (χ1n) is 7.43. The summed E-state index contributed by atoms with van der Waals surface area (Å²) >= 11 is 0. The molecule has 1 aliphatic carbocycles. The van der Waals surface area contributed by atoms with Crippen LogP contribution in [0, 0.1) is 11.3 Å². The van der Waals surface area contributed by atoms with E-state index in [0.29, 0.717) is 30.5 Å². The van der Waals surface area contributed by atoms with E-state index in [2.05, 4.69) is 27.0 Å². The lowest BCUT2D eigenvalue weighted by Crippen LogP contribution is -2.44. The van der Waals surface area contributed by atoms with Crippen molar-refractivity contribution < 1.29 is 4.79 Å². The minimum Gasteiger partial charge on any atom is -0.367 e. The molecule has 6 nitrogen and oxygen atoms in total. The molecule has 112 valence electrons. The maximum absolute atomic E-state index is 11.7. The van der Waals surface area contributed by atoms with Crippen molar-refractivity contribution >= 4 is 11.8 Å². The fourth-order valence-electron chi connectivity index (χ4n) is 2.48. The fraction of sp³-hybridized carbons (Fsp3) is 0.533. The molecule has 2 rings (SSSR count). The van der Waals surface area contributed by atoms with Crippen LogP contribution in [0.5, 0.6) is 0 Å². The van der Waals surface area contributed by atoms with Crippen LogP contribution < -0.4 is 16.0 Å². The Bertz CT molecular complexity index is 505. The molecule has 0 saturated heterocycles. The van der Waals surface area contributed by atoms with Crippen LogP contribution in [0.25, 0.3) is 0 Å². The number of nitriles is 1. The van der Waals surface area contributed by atoms with E-state index in [-0.39, 0.29) is 6.03 Å². The number of nitrogens with one attached hydrogen (secondary N) is 3. The third-order valence-corrected chi connectivity index (χ3v) is 3.57. The van der Waals surface area contributed by atoms with Gasteiger partial charge in [0.05, 0.1) is 5.56 Å². The number of amides is 2. The summed E-state index contributed by atoms with van der Waals surface area (Å²) in [5, 5.41) is 17.8. The summed E-state index contributed by atoms with van der Waals surface area (Å²) in [7, 11) is 0. The first-order chi connectivity index (χ1) is 10.3. The molecular formula is C15H21N5O. The number of pyridine rings is 1. The predicted molar refractivity (Wildman–Crippen MR) is 80.8 cm³/mol. The lowest BCUT2D eigenvalue weighted by molar-refractivity contribution is 0.233. The fourth-order valence-corrected chi connectivity index (χ4v) is 2.48. The van der Waals surface area contributed by atoms with Gasteiger partial charge in [-0.25, -0.2) is 9.78 Å². The van der Waals surface area contributed by atoms with Gasteiger partial charge in [-0.1, -0.05) is 19.3 Å². The molecule has 0 atom stereocenters. The van der Waals surface area contributed by atoms with Crippen LogP contribution in [0.3, 0.4) is 0 Å². The highest BCUT2D eigenvalue weighted by atomic mass is 16.2. The zero-order valence-electron chi connectivity index (χ0n) is 12.1. The summed E-state index contributed by atoms with van der Waals surface area (Å²) in [5.41, 5.74) is 0.504. The van der Waals surface area contributed by atoms with Crippen LogP contribution in [0.1, 0.15) is 37.7 Å². The van der Waals surface area contributed by atoms with Gasteiger partial charge < -0.3 is 16.0 Å². The number of nitrogens with zero attached hydrogens (tertiary/aromatic N) is 2. The van der Waals surface area contributed by atoms with E-state index in [1.165, 1.54) is 19.3 Å². The van der Waals surface area contributed by atoms with E-state index in [9.17, 15) is 4.79 Å². The van der Waals surface area contributed by atoms with Gasteiger partial charge in [0, 0.05) is 25.3 Å². The van der Waals surface area contributed by atoms with E-state index in [4.69, 9.17) is 5.26 Å². The molecule has 1 aliphatic rings. The van der Waals surface area contributed by atoms with Gasteiger partial charge in [0.15, 0.2) is 0 Å². The van der Waals surface area contributed by atoms with Crippen molar-refractivity contribution in [1.29, 1.82) is 5.26 Å². The van der Waals surface area contributed by atoms with E-state index >= 15 is 0 Å². The Morgan fingerprint density at radius 1 is 1.33 bits per heavy atom. The Hall–Kier alpha value is -2.29. The number of carbonyl (C=O) groups excluding carboxylic acids is 1. The molecule has 1 saturated carbocycles. The molecule has 0 spiro atoms. The second kappa shape index (κ2) is 8.10. The van der Waals surface area contributed by atoms with E-state index in [0.717, 1.165) is 12.8 Å². The van der Waals surface area contributed by atoms with Gasteiger partial charge >= 0.3 is 6.03 Å². The molecule has 1 heterocycles. The maximum Gasteiger partial charge on any atom is 0.315 e. The third-order valence-electron chi connectivity index (χ3n) is 3.57. The second-order valence-electron chi connectivity index (χ2n) is 5.17. The van der Waals surface area contributed by atoms with Crippen LogP contribution in [-0.4, -0.2) is 30.1 Å². The molecule has 1 aromatic heterocycles. The summed E-state index contributed by atoms with van der Waals surface area (Å²) in [6, 6.07) is 5.70. The monoisotopic (exact) mass is 287 g/mol. The second-order valence-corrected chi connectivity index (χ2v) is 5.17. The first kappa shape index (κ1) is 15.1. The Morgan fingerprint density at radius 2 is 2.14 bits per heavy atom. The van der Waals surface area contributed by atoms with E-state index in [1.54, 1.807) is 18.3 Å². The number of hydrogen-bond acceptors (Lipinski definition) is 4. The smallest absolute Gasteiger partial charge is 0.315 e. The van der Waals surface area contributed by atoms with Crippen molar-refractivity contribution in [1.82, 2.24) is 15.6 Å². The molecule has 0 aliphatic heterocycles. The lowest BCUT2D eigenvalue weighted by atomic mass is 9.96. The highest BCUT2D eigenvalue weighted by Crippen LogP contribution is 2.17. The molecular weight excluding hydrogens is 266 g/mol. The van der Waals surface area contributed by atoms with Crippen molar-refractivity contribution in [3.8, 4) is 6.07 Å². The molecule has 0 radical (unpaired) electrons. The molecule has 21 heavy (non-hydrogen) atoms. The van der Waals surface area contributed by atoms with E-state index < -0.39 is 0 Å². The summed E-state index contributed by atoms with van der Waals surface area (Å²) in [6.45, 7) is 1.02. The van der Waals surface area contributed by atoms with Crippen molar-refractivity contribution in [2.75, 3.05) is 18.4 Å². The average Bonchev–Trinajstić information content (AvgIpc) is 2.53. The molecule has 1 aromatic rings. The Labute approximate surface area is 124 Å². The zero-order valence-corrected chi connectivity index (χ0v) is 12.1. The predicted octanol–water partition coefficient (Wildman–Crippen LogP) is 2.00. The quantitative estimate of drug-likeness (QED) is 0.722. The highest BCUT2D eigenvalue weighted by Gasteiger charge is 2.14. The molecule has 0 bridgehead atoms. The van der Waals surface area contributed by atoms with Crippen molar-refractivity contribution in [3.63, 3.8) is 0 Å². The maximum atomic E-state index is 11.7.